The van der Waals surface area contributed by atoms with Crippen LogP contribution in [0.1, 0.15) is 28.5 Å². The van der Waals surface area contributed by atoms with E-state index in [0.717, 1.165) is 38.6 Å². The number of hydrogen-bond donors (Lipinski definition) is 3. The number of ether oxygens (including phenoxy) is 3. The van der Waals surface area contributed by atoms with Gasteiger partial charge >= 0.3 is 0 Å². The molecule has 1 aromatic heterocycles. The number of carbonyl (C=O) groups is 1. The van der Waals surface area contributed by atoms with E-state index in [0.29, 0.717) is 46.0 Å². The highest BCUT2D eigenvalue weighted by atomic mass is 16.5. The Labute approximate surface area is 215 Å². The number of methoxy groups -OCH3 is 1. The highest BCUT2D eigenvalue weighted by molar-refractivity contribution is 6.35. The number of aliphatic hydroxyl groups excluding tert-OH is 1. The summed E-state index contributed by atoms with van der Waals surface area (Å²) in [4.78, 5) is 18.1. The van der Waals surface area contributed by atoms with Gasteiger partial charge in [0.1, 0.15) is 24.2 Å². The molecule has 1 amide bonds. The molecule has 1 saturated heterocycles. The first-order valence-electron chi connectivity index (χ1n) is 12.2. The smallest absolute Gasteiger partial charge is 0.256 e. The Morgan fingerprint density at radius 3 is 2.76 bits per heavy atom. The molecular weight excluding hydrogens is 470 g/mol. The maximum absolute atomic E-state index is 12.7. The van der Waals surface area contributed by atoms with Crippen LogP contribution in [0, 0.1) is 11.8 Å². The van der Waals surface area contributed by atoms with Crippen LogP contribution in [-0.4, -0.2) is 67.5 Å². The zero-order chi connectivity index (χ0) is 25.6. The highest BCUT2D eigenvalue weighted by Gasteiger charge is 2.27. The second kappa shape index (κ2) is 11.4. The van der Waals surface area contributed by atoms with E-state index in [-0.39, 0.29) is 5.91 Å². The molecule has 3 N–H and O–H groups in total. The first-order valence-corrected chi connectivity index (χ1v) is 12.2. The molecule has 8 nitrogen and oxygen atoms in total. The number of morpholine rings is 1. The van der Waals surface area contributed by atoms with Gasteiger partial charge in [0.2, 0.25) is 0 Å². The number of hydrogen-bond acceptors (Lipinski definition) is 6. The minimum Gasteiger partial charge on any atom is -0.495 e. The van der Waals surface area contributed by atoms with Gasteiger partial charge < -0.3 is 29.6 Å². The van der Waals surface area contributed by atoms with E-state index in [1.807, 2.05) is 42.5 Å². The average Bonchev–Trinajstić information content (AvgIpc) is 3.52. The number of aromatic nitrogens is 1. The van der Waals surface area contributed by atoms with Gasteiger partial charge in [-0.3, -0.25) is 9.69 Å². The Kier molecular flexibility index (Phi) is 7.57. The second-order valence-corrected chi connectivity index (χ2v) is 8.74. The number of fused-ring (bicyclic) bond motifs is 1. The molecule has 3 aromatic rings. The third-order valence-electron chi connectivity index (χ3n) is 6.39. The summed E-state index contributed by atoms with van der Waals surface area (Å²) in [5, 5.41) is 13.6. The van der Waals surface area contributed by atoms with Gasteiger partial charge in [-0.2, -0.15) is 0 Å². The van der Waals surface area contributed by atoms with Crippen molar-refractivity contribution in [1.29, 1.82) is 0 Å². The normalized spacial score (nSPS) is 17.0. The van der Waals surface area contributed by atoms with Crippen LogP contribution in [0.3, 0.4) is 0 Å². The van der Waals surface area contributed by atoms with E-state index in [1.54, 1.807) is 25.4 Å². The number of carbonyl (C=O) groups excluding carboxylic acids is 1. The van der Waals surface area contributed by atoms with E-state index in [4.69, 9.17) is 14.2 Å². The minimum absolute atomic E-state index is 0.217. The summed E-state index contributed by atoms with van der Waals surface area (Å²) in [6.07, 6.45) is 2.51. The predicted octanol–water partition coefficient (Wildman–Crippen LogP) is 3.31. The molecule has 0 spiro atoms. The third kappa shape index (κ3) is 5.70. The van der Waals surface area contributed by atoms with Crippen molar-refractivity contribution in [3.8, 4) is 23.3 Å². The van der Waals surface area contributed by atoms with Gasteiger partial charge in [-0.25, -0.2) is 0 Å². The van der Waals surface area contributed by atoms with E-state index in [9.17, 15) is 9.90 Å². The minimum atomic E-state index is -0.987. The van der Waals surface area contributed by atoms with Crippen molar-refractivity contribution in [3.05, 3.63) is 77.1 Å². The van der Waals surface area contributed by atoms with Crippen molar-refractivity contribution in [1.82, 2.24) is 9.88 Å². The molecule has 2 aromatic carbocycles. The Bertz CT molecular complexity index is 1340. The summed E-state index contributed by atoms with van der Waals surface area (Å²) < 4.78 is 16.6. The Hall–Kier alpha value is -4.03. The number of nitrogens with zero attached hydrogens (tertiary/aromatic N) is 1. The van der Waals surface area contributed by atoms with Crippen molar-refractivity contribution < 1.29 is 24.1 Å². The molecule has 3 heterocycles. The molecule has 1 fully saturated rings. The maximum atomic E-state index is 12.7. The lowest BCUT2D eigenvalue weighted by atomic mass is 9.99. The molecule has 1 unspecified atom stereocenters. The SMILES string of the molecule is COc1cc[nH]c1/C=C1\C(=O)Nc2cccc(C#CC(O)c3ccc(OCCN4CCOCC4)cc3)c21. The van der Waals surface area contributed by atoms with Gasteiger partial charge in [0.25, 0.3) is 5.91 Å². The molecule has 37 heavy (non-hydrogen) atoms. The van der Waals surface area contributed by atoms with Gasteiger partial charge in [0.05, 0.1) is 37.3 Å². The number of H-pyrrole nitrogens is 1. The largest absolute Gasteiger partial charge is 0.495 e. The fourth-order valence-corrected chi connectivity index (χ4v) is 4.39. The van der Waals surface area contributed by atoms with Crippen molar-refractivity contribution >= 4 is 23.2 Å². The summed E-state index contributed by atoms with van der Waals surface area (Å²) in [6.45, 7) is 4.85. The van der Waals surface area contributed by atoms with Crippen LogP contribution in [0.25, 0.3) is 11.6 Å². The van der Waals surface area contributed by atoms with Crippen molar-refractivity contribution in [2.45, 2.75) is 6.10 Å². The number of anilines is 1. The number of nitrogens with one attached hydrogen (secondary N) is 2. The summed E-state index contributed by atoms with van der Waals surface area (Å²) >= 11 is 0. The van der Waals surface area contributed by atoms with Crippen LogP contribution in [0.4, 0.5) is 5.69 Å². The van der Waals surface area contributed by atoms with Crippen LogP contribution in [0.5, 0.6) is 11.5 Å². The Morgan fingerprint density at radius 1 is 1.16 bits per heavy atom. The average molecular weight is 500 g/mol. The van der Waals surface area contributed by atoms with Crippen LogP contribution >= 0.6 is 0 Å². The molecule has 1 atom stereocenters. The summed E-state index contributed by atoms with van der Waals surface area (Å²) in [5.41, 5.74) is 3.87. The molecule has 0 radical (unpaired) electrons. The van der Waals surface area contributed by atoms with Crippen molar-refractivity contribution in [2.24, 2.45) is 0 Å². The van der Waals surface area contributed by atoms with E-state index in [1.165, 1.54) is 0 Å². The lowest BCUT2D eigenvalue weighted by molar-refractivity contribution is -0.110. The second-order valence-electron chi connectivity index (χ2n) is 8.74. The van der Waals surface area contributed by atoms with E-state index < -0.39 is 6.10 Å². The molecule has 8 heteroatoms. The zero-order valence-electron chi connectivity index (χ0n) is 20.6. The van der Waals surface area contributed by atoms with Crippen LogP contribution < -0.4 is 14.8 Å². The lowest BCUT2D eigenvalue weighted by Gasteiger charge is -2.26. The third-order valence-corrected chi connectivity index (χ3v) is 6.39. The Balaban J connectivity index is 1.28. The fourth-order valence-electron chi connectivity index (χ4n) is 4.39. The number of amides is 1. The van der Waals surface area contributed by atoms with Crippen LogP contribution in [0.15, 0.2) is 54.7 Å². The first-order chi connectivity index (χ1) is 18.1. The van der Waals surface area contributed by atoms with Gasteiger partial charge in [-0.05, 0) is 42.0 Å². The molecular formula is C29H29N3O5. The quantitative estimate of drug-likeness (QED) is 0.341. The van der Waals surface area contributed by atoms with Crippen LogP contribution in [-0.2, 0) is 9.53 Å². The fraction of sp³-hybridized carbons (Fsp3) is 0.276. The summed E-state index contributed by atoms with van der Waals surface area (Å²) in [6, 6.07) is 14.6. The maximum Gasteiger partial charge on any atom is 0.256 e. The zero-order valence-corrected chi connectivity index (χ0v) is 20.6. The monoisotopic (exact) mass is 499 g/mol. The number of rotatable bonds is 7. The molecule has 0 aliphatic carbocycles. The standard InChI is InChI=1S/C29H29N3O5/c1-35-27-11-12-30-25(27)19-23-28-21(3-2-4-24(28)31-29(23)34)7-10-26(33)20-5-8-22(9-6-20)37-18-15-32-13-16-36-17-14-32/h2-6,8-9,11-12,19,26,30,33H,13-18H2,1H3,(H,31,34)/b23-19-. The number of aliphatic hydroxyl groups is 1. The van der Waals surface area contributed by atoms with Gasteiger partial charge in [-0.15, -0.1) is 0 Å². The Morgan fingerprint density at radius 2 is 1.97 bits per heavy atom. The van der Waals surface area contributed by atoms with E-state index >= 15 is 0 Å². The van der Waals surface area contributed by atoms with Crippen molar-refractivity contribution in [2.75, 3.05) is 51.9 Å². The number of aromatic amines is 1. The molecule has 0 bridgehead atoms. The molecule has 2 aliphatic heterocycles. The van der Waals surface area contributed by atoms with Gasteiger partial charge in [-0.1, -0.05) is 30.0 Å². The van der Waals surface area contributed by atoms with Crippen LogP contribution in [0.2, 0.25) is 0 Å². The van der Waals surface area contributed by atoms with Crippen molar-refractivity contribution in [3.63, 3.8) is 0 Å². The topological polar surface area (TPSA) is 96.1 Å². The molecule has 0 saturated carbocycles. The summed E-state index contributed by atoms with van der Waals surface area (Å²) in [7, 11) is 1.58. The molecule has 2 aliphatic rings. The predicted molar refractivity (Wildman–Crippen MR) is 141 cm³/mol. The number of benzene rings is 2. The van der Waals surface area contributed by atoms with Gasteiger partial charge in [0, 0.05) is 37.0 Å². The summed E-state index contributed by atoms with van der Waals surface area (Å²) in [5.74, 6) is 7.15. The molecule has 5 rings (SSSR count). The lowest BCUT2D eigenvalue weighted by Crippen LogP contribution is -2.38. The van der Waals surface area contributed by atoms with E-state index in [2.05, 4.69) is 27.0 Å². The van der Waals surface area contributed by atoms with Gasteiger partial charge in [0.15, 0.2) is 0 Å². The highest BCUT2D eigenvalue weighted by Crippen LogP contribution is 2.36. The molecule has 190 valence electrons. The first kappa shape index (κ1) is 24.7.